The molecule has 6 nitrogen and oxygen atoms in total. The molecular formula is C23H24Cl2N2O4. The molecule has 0 radical (unpaired) electrons. The SMILES string of the molecule is Cn1c(C(=O)NCCOCCCc2cccc(CC(=O)O)c2)cc2c(Cl)c(Cl)ccc21. The van der Waals surface area contributed by atoms with Crippen LogP contribution in [0.2, 0.25) is 10.0 Å². The standard InChI is InChI=1S/C23H24Cl2N2O4/c1-27-19-8-7-18(24)22(25)17(19)14-20(27)23(30)26-9-11-31-10-3-6-15-4-2-5-16(12-15)13-21(28)29/h2,4-5,7-8,12,14H,3,6,9-11,13H2,1H3,(H,26,30)(H,28,29). The Bertz CT molecular complexity index is 1090. The molecule has 1 aromatic heterocycles. The summed E-state index contributed by atoms with van der Waals surface area (Å²) in [6.07, 6.45) is 1.64. The zero-order chi connectivity index (χ0) is 22.4. The van der Waals surface area contributed by atoms with Crippen molar-refractivity contribution in [1.82, 2.24) is 9.88 Å². The lowest BCUT2D eigenvalue weighted by molar-refractivity contribution is -0.136. The molecule has 2 N–H and O–H groups in total. The fourth-order valence-corrected chi connectivity index (χ4v) is 3.82. The van der Waals surface area contributed by atoms with Gasteiger partial charge in [-0.15, -0.1) is 0 Å². The molecule has 8 heteroatoms. The number of hydrogen-bond acceptors (Lipinski definition) is 3. The number of carbonyl (C=O) groups excluding carboxylic acids is 1. The fourth-order valence-electron chi connectivity index (χ4n) is 3.44. The van der Waals surface area contributed by atoms with Gasteiger partial charge in [0, 0.05) is 31.1 Å². The molecule has 31 heavy (non-hydrogen) atoms. The van der Waals surface area contributed by atoms with Crippen molar-refractivity contribution in [3.63, 3.8) is 0 Å². The van der Waals surface area contributed by atoms with Crippen molar-refractivity contribution in [2.45, 2.75) is 19.3 Å². The van der Waals surface area contributed by atoms with E-state index < -0.39 is 5.97 Å². The third-order valence-corrected chi connectivity index (χ3v) is 5.80. The van der Waals surface area contributed by atoms with E-state index in [0.29, 0.717) is 35.5 Å². The molecule has 0 aliphatic carbocycles. The van der Waals surface area contributed by atoms with Gasteiger partial charge in [-0.25, -0.2) is 0 Å². The summed E-state index contributed by atoms with van der Waals surface area (Å²) in [4.78, 5) is 23.3. The minimum absolute atomic E-state index is 0.0278. The maximum Gasteiger partial charge on any atom is 0.307 e. The van der Waals surface area contributed by atoms with Gasteiger partial charge < -0.3 is 19.7 Å². The van der Waals surface area contributed by atoms with Gasteiger partial charge in [-0.3, -0.25) is 9.59 Å². The zero-order valence-corrected chi connectivity index (χ0v) is 18.7. The average Bonchev–Trinajstić information content (AvgIpc) is 3.07. The van der Waals surface area contributed by atoms with Crippen LogP contribution in [0.25, 0.3) is 10.9 Å². The third kappa shape index (κ3) is 6.00. The number of benzene rings is 2. The lowest BCUT2D eigenvalue weighted by Crippen LogP contribution is -2.28. The molecule has 0 spiro atoms. The maximum absolute atomic E-state index is 12.5. The molecule has 0 saturated heterocycles. The molecule has 0 fully saturated rings. The smallest absolute Gasteiger partial charge is 0.307 e. The number of carbonyl (C=O) groups is 2. The Morgan fingerprint density at radius 3 is 2.65 bits per heavy atom. The molecule has 1 heterocycles. The van der Waals surface area contributed by atoms with E-state index in [1.807, 2.05) is 37.4 Å². The number of ether oxygens (including phenoxy) is 1. The van der Waals surface area contributed by atoms with Crippen molar-refractivity contribution in [1.29, 1.82) is 0 Å². The van der Waals surface area contributed by atoms with Gasteiger partial charge in [-0.05, 0) is 42.2 Å². The highest BCUT2D eigenvalue weighted by Gasteiger charge is 2.15. The summed E-state index contributed by atoms with van der Waals surface area (Å²) in [6.45, 7) is 1.35. The molecule has 0 saturated carbocycles. The predicted octanol–water partition coefficient (Wildman–Crippen LogP) is 4.49. The van der Waals surface area contributed by atoms with Crippen molar-refractivity contribution in [2.75, 3.05) is 19.8 Å². The van der Waals surface area contributed by atoms with Gasteiger partial charge in [0.15, 0.2) is 0 Å². The van der Waals surface area contributed by atoms with Crippen LogP contribution < -0.4 is 5.32 Å². The lowest BCUT2D eigenvalue weighted by Gasteiger charge is -2.08. The summed E-state index contributed by atoms with van der Waals surface area (Å²) in [6, 6.07) is 12.9. The highest BCUT2D eigenvalue weighted by molar-refractivity contribution is 6.45. The molecule has 0 aliphatic heterocycles. The van der Waals surface area contributed by atoms with Crippen LogP contribution in [0.15, 0.2) is 42.5 Å². The van der Waals surface area contributed by atoms with E-state index in [4.69, 9.17) is 33.0 Å². The first-order valence-corrected chi connectivity index (χ1v) is 10.7. The molecule has 1 amide bonds. The summed E-state index contributed by atoms with van der Waals surface area (Å²) in [5, 5.41) is 13.4. The summed E-state index contributed by atoms with van der Waals surface area (Å²) < 4.78 is 7.39. The first-order valence-electron chi connectivity index (χ1n) is 9.96. The second kappa shape index (κ2) is 10.7. The van der Waals surface area contributed by atoms with E-state index in [9.17, 15) is 9.59 Å². The number of rotatable bonds is 10. The molecule has 164 valence electrons. The molecule has 0 unspecified atom stereocenters. The van der Waals surface area contributed by atoms with Crippen LogP contribution in [-0.4, -0.2) is 41.3 Å². The lowest BCUT2D eigenvalue weighted by atomic mass is 10.0. The molecule has 3 aromatic rings. The van der Waals surface area contributed by atoms with Crippen LogP contribution in [0.5, 0.6) is 0 Å². The van der Waals surface area contributed by atoms with E-state index in [1.165, 1.54) is 0 Å². The van der Waals surface area contributed by atoms with Gasteiger partial charge in [0.25, 0.3) is 5.91 Å². The van der Waals surface area contributed by atoms with Crippen molar-refractivity contribution in [3.05, 3.63) is 69.3 Å². The highest BCUT2D eigenvalue weighted by Crippen LogP contribution is 2.32. The Hall–Kier alpha value is -2.54. The molecular weight excluding hydrogens is 439 g/mol. The number of amides is 1. The van der Waals surface area contributed by atoms with E-state index in [-0.39, 0.29) is 12.3 Å². The average molecular weight is 463 g/mol. The van der Waals surface area contributed by atoms with Gasteiger partial charge >= 0.3 is 5.97 Å². The number of aromatic nitrogens is 1. The van der Waals surface area contributed by atoms with E-state index in [0.717, 1.165) is 34.9 Å². The van der Waals surface area contributed by atoms with Crippen LogP contribution in [0.3, 0.4) is 0 Å². The molecule has 3 rings (SSSR count). The number of hydrogen-bond donors (Lipinski definition) is 2. The summed E-state index contributed by atoms with van der Waals surface area (Å²) in [5.41, 5.74) is 3.22. The van der Waals surface area contributed by atoms with E-state index in [2.05, 4.69) is 5.32 Å². The van der Waals surface area contributed by atoms with Gasteiger partial charge in [-0.2, -0.15) is 0 Å². The van der Waals surface area contributed by atoms with Gasteiger partial charge in [0.05, 0.1) is 23.1 Å². The highest BCUT2D eigenvalue weighted by atomic mass is 35.5. The molecule has 0 bridgehead atoms. The second-order valence-corrected chi connectivity index (χ2v) is 8.03. The normalized spacial score (nSPS) is 11.1. The van der Waals surface area contributed by atoms with E-state index >= 15 is 0 Å². The Morgan fingerprint density at radius 2 is 1.87 bits per heavy atom. The van der Waals surface area contributed by atoms with Gasteiger partial charge in [0.2, 0.25) is 0 Å². The van der Waals surface area contributed by atoms with Crippen molar-refractivity contribution in [2.24, 2.45) is 7.05 Å². The molecule has 2 aromatic carbocycles. The predicted molar refractivity (Wildman–Crippen MR) is 122 cm³/mol. The number of carboxylic acids is 1. The summed E-state index contributed by atoms with van der Waals surface area (Å²) in [7, 11) is 1.81. The Kier molecular flexibility index (Phi) is 7.96. The number of halogens is 2. The largest absolute Gasteiger partial charge is 0.481 e. The maximum atomic E-state index is 12.5. The number of carboxylic acid groups (broad SMARTS) is 1. The second-order valence-electron chi connectivity index (χ2n) is 7.25. The van der Waals surface area contributed by atoms with Crippen LogP contribution in [0.4, 0.5) is 0 Å². The number of aryl methyl sites for hydroxylation is 2. The van der Waals surface area contributed by atoms with Crippen LogP contribution in [0, 0.1) is 0 Å². The Morgan fingerprint density at radius 1 is 1.10 bits per heavy atom. The molecule has 0 aliphatic rings. The van der Waals surface area contributed by atoms with Crippen LogP contribution in [0.1, 0.15) is 28.0 Å². The monoisotopic (exact) mass is 462 g/mol. The van der Waals surface area contributed by atoms with Gasteiger partial charge in [0.1, 0.15) is 5.69 Å². The Balaban J connectivity index is 1.40. The van der Waals surface area contributed by atoms with Crippen molar-refractivity contribution in [3.8, 4) is 0 Å². The number of fused-ring (bicyclic) bond motifs is 1. The summed E-state index contributed by atoms with van der Waals surface area (Å²) >= 11 is 12.3. The van der Waals surface area contributed by atoms with Gasteiger partial charge in [-0.1, -0.05) is 47.5 Å². The minimum Gasteiger partial charge on any atom is -0.481 e. The third-order valence-electron chi connectivity index (χ3n) is 4.98. The number of nitrogens with zero attached hydrogens (tertiary/aromatic N) is 1. The van der Waals surface area contributed by atoms with Crippen molar-refractivity contribution >= 4 is 46.0 Å². The first kappa shape index (κ1) is 23.1. The topological polar surface area (TPSA) is 80.6 Å². The first-order chi connectivity index (χ1) is 14.9. The summed E-state index contributed by atoms with van der Waals surface area (Å²) in [5.74, 6) is -1.04. The Labute approximate surface area is 190 Å². The molecule has 0 atom stereocenters. The number of aliphatic carboxylic acids is 1. The quantitative estimate of drug-likeness (QED) is 0.434. The van der Waals surface area contributed by atoms with E-state index in [1.54, 1.807) is 16.7 Å². The zero-order valence-electron chi connectivity index (χ0n) is 17.2. The fraction of sp³-hybridized carbons (Fsp3) is 0.304. The van der Waals surface area contributed by atoms with Crippen molar-refractivity contribution < 1.29 is 19.4 Å². The minimum atomic E-state index is -0.835. The van der Waals surface area contributed by atoms with Crippen LogP contribution in [-0.2, 0) is 29.4 Å². The van der Waals surface area contributed by atoms with Crippen LogP contribution >= 0.6 is 23.2 Å². The number of nitrogens with one attached hydrogen (secondary N) is 1.